The Kier molecular flexibility index (Phi) is 4.60. The molecule has 1 unspecified atom stereocenters. The molecule has 1 fully saturated rings. The third-order valence-electron chi connectivity index (χ3n) is 3.81. The highest BCUT2D eigenvalue weighted by atomic mass is 32.1. The molecule has 0 bridgehead atoms. The lowest BCUT2D eigenvalue weighted by molar-refractivity contribution is -0.111. The van der Waals surface area contributed by atoms with Gasteiger partial charge in [-0.3, -0.25) is 9.69 Å². The van der Waals surface area contributed by atoms with Crippen molar-refractivity contribution >= 4 is 22.9 Å². The number of rotatable bonds is 5. The van der Waals surface area contributed by atoms with Crippen molar-refractivity contribution in [3.63, 3.8) is 0 Å². The van der Waals surface area contributed by atoms with Crippen LogP contribution in [0.1, 0.15) is 22.9 Å². The molecule has 0 radical (unpaired) electrons. The molecule has 0 aliphatic carbocycles. The first-order valence-electron chi connectivity index (χ1n) is 7.25. The maximum Gasteiger partial charge on any atom is 0.247 e. The number of aromatic nitrogens is 2. The number of nitrogens with one attached hydrogen (secondary N) is 1. The zero-order chi connectivity index (χ0) is 15.4. The van der Waals surface area contributed by atoms with E-state index in [1.54, 1.807) is 16.8 Å². The lowest BCUT2D eigenvalue weighted by Crippen LogP contribution is -2.19. The Balaban J connectivity index is 1.55. The maximum atomic E-state index is 11.2. The van der Waals surface area contributed by atoms with Crippen molar-refractivity contribution in [3.8, 4) is 0 Å². The Morgan fingerprint density at radius 3 is 2.95 bits per heavy atom. The third-order valence-corrected chi connectivity index (χ3v) is 4.67. The molecule has 1 aromatic carbocycles. The van der Waals surface area contributed by atoms with Crippen LogP contribution in [0.25, 0.3) is 0 Å². The van der Waals surface area contributed by atoms with E-state index in [0.717, 1.165) is 36.8 Å². The highest BCUT2D eigenvalue weighted by Crippen LogP contribution is 2.28. The lowest BCUT2D eigenvalue weighted by Gasteiger charge is -2.15. The number of carbonyl (C=O) groups excluding carboxylic acids is 1. The van der Waals surface area contributed by atoms with E-state index in [1.165, 1.54) is 11.6 Å². The molecule has 0 saturated carbocycles. The minimum atomic E-state index is -0.188. The van der Waals surface area contributed by atoms with Gasteiger partial charge >= 0.3 is 0 Å². The van der Waals surface area contributed by atoms with Gasteiger partial charge < -0.3 is 5.32 Å². The number of hydrogen-bond donors (Lipinski definition) is 1. The summed E-state index contributed by atoms with van der Waals surface area (Å²) in [4.78, 5) is 13.7. The number of anilines is 1. The van der Waals surface area contributed by atoms with Gasteiger partial charge in [0.15, 0.2) is 0 Å². The Morgan fingerprint density at radius 1 is 1.45 bits per heavy atom. The highest BCUT2D eigenvalue weighted by Gasteiger charge is 2.25. The van der Waals surface area contributed by atoms with Gasteiger partial charge in [0, 0.05) is 24.7 Å². The van der Waals surface area contributed by atoms with E-state index in [0.29, 0.717) is 5.92 Å². The van der Waals surface area contributed by atoms with Gasteiger partial charge in [0.1, 0.15) is 10.5 Å². The Hall–Kier alpha value is -2.05. The second kappa shape index (κ2) is 6.81. The number of nitrogens with zero attached hydrogens (tertiary/aromatic N) is 3. The molecule has 114 valence electrons. The van der Waals surface area contributed by atoms with Crippen molar-refractivity contribution in [1.29, 1.82) is 0 Å². The molecule has 6 heteroatoms. The quantitative estimate of drug-likeness (QED) is 0.862. The summed E-state index contributed by atoms with van der Waals surface area (Å²) < 4.78 is 0. The maximum absolute atomic E-state index is 11.2. The molecule has 1 N–H and O–H groups in total. The van der Waals surface area contributed by atoms with Crippen molar-refractivity contribution in [2.24, 2.45) is 0 Å². The van der Waals surface area contributed by atoms with E-state index in [1.807, 2.05) is 12.1 Å². The summed E-state index contributed by atoms with van der Waals surface area (Å²) in [5.74, 6) is 0.325. The van der Waals surface area contributed by atoms with Gasteiger partial charge in [0.05, 0.1) is 0 Å². The SMILES string of the molecule is C=CC(=O)Nc1ccc(CN2CCC(c3nncs3)C2)cc1. The fourth-order valence-electron chi connectivity index (χ4n) is 2.68. The van der Waals surface area contributed by atoms with Gasteiger partial charge in [-0.1, -0.05) is 18.7 Å². The average molecular weight is 314 g/mol. The summed E-state index contributed by atoms with van der Waals surface area (Å²) in [5.41, 5.74) is 3.84. The van der Waals surface area contributed by atoms with Crippen LogP contribution in [0.4, 0.5) is 5.69 Å². The predicted octanol–water partition coefficient (Wildman–Crippen LogP) is 2.65. The normalized spacial score (nSPS) is 18.3. The van der Waals surface area contributed by atoms with Crippen molar-refractivity contribution in [2.75, 3.05) is 18.4 Å². The van der Waals surface area contributed by atoms with E-state index in [4.69, 9.17) is 0 Å². The average Bonchev–Trinajstić information content (AvgIpc) is 3.20. The zero-order valence-electron chi connectivity index (χ0n) is 12.2. The van der Waals surface area contributed by atoms with Gasteiger partial charge in [-0.2, -0.15) is 0 Å². The second-order valence-corrected chi connectivity index (χ2v) is 6.25. The molecular formula is C16H18N4OS. The van der Waals surface area contributed by atoms with E-state index in [2.05, 4.69) is 39.1 Å². The Labute approximate surface area is 133 Å². The van der Waals surface area contributed by atoms with E-state index >= 15 is 0 Å². The van der Waals surface area contributed by atoms with Gasteiger partial charge in [-0.05, 0) is 36.7 Å². The molecule has 1 amide bonds. The molecular weight excluding hydrogens is 296 g/mol. The Morgan fingerprint density at radius 2 is 2.27 bits per heavy atom. The molecule has 5 nitrogen and oxygen atoms in total. The van der Waals surface area contributed by atoms with E-state index in [9.17, 15) is 4.79 Å². The first kappa shape index (κ1) is 14.9. The van der Waals surface area contributed by atoms with Crippen LogP contribution < -0.4 is 5.32 Å². The third kappa shape index (κ3) is 3.58. The second-order valence-electron chi connectivity index (χ2n) is 5.39. The molecule has 2 heterocycles. The molecule has 1 aliphatic heterocycles. The Bertz CT molecular complexity index is 639. The number of benzene rings is 1. The van der Waals surface area contributed by atoms with Crippen molar-refractivity contribution in [2.45, 2.75) is 18.9 Å². The molecule has 1 saturated heterocycles. The lowest BCUT2D eigenvalue weighted by atomic mass is 10.1. The first-order chi connectivity index (χ1) is 10.7. The number of amides is 1. The molecule has 0 spiro atoms. The topological polar surface area (TPSA) is 58.1 Å². The minimum Gasteiger partial charge on any atom is -0.323 e. The minimum absolute atomic E-state index is 0.188. The molecule has 1 aromatic heterocycles. The molecule has 2 aromatic rings. The van der Waals surface area contributed by atoms with E-state index in [-0.39, 0.29) is 5.91 Å². The summed E-state index contributed by atoms with van der Waals surface area (Å²) in [5, 5.41) is 12.0. The number of likely N-dealkylation sites (tertiary alicyclic amines) is 1. The van der Waals surface area contributed by atoms with Gasteiger partial charge in [0.25, 0.3) is 0 Å². The summed E-state index contributed by atoms with van der Waals surface area (Å²) in [7, 11) is 0. The van der Waals surface area contributed by atoms with Crippen molar-refractivity contribution in [3.05, 3.63) is 53.0 Å². The summed E-state index contributed by atoms with van der Waals surface area (Å²) in [6.45, 7) is 6.48. The van der Waals surface area contributed by atoms with Crippen LogP contribution in [-0.4, -0.2) is 34.1 Å². The molecule has 1 atom stereocenters. The van der Waals surface area contributed by atoms with Crippen LogP contribution in [0.15, 0.2) is 42.4 Å². The number of carbonyl (C=O) groups is 1. The fourth-order valence-corrected chi connectivity index (χ4v) is 3.36. The van der Waals surface area contributed by atoms with Crippen LogP contribution >= 0.6 is 11.3 Å². The van der Waals surface area contributed by atoms with Crippen LogP contribution in [0.2, 0.25) is 0 Å². The van der Waals surface area contributed by atoms with Crippen LogP contribution in [0.5, 0.6) is 0 Å². The van der Waals surface area contributed by atoms with Crippen molar-refractivity contribution in [1.82, 2.24) is 15.1 Å². The molecule has 22 heavy (non-hydrogen) atoms. The summed E-state index contributed by atoms with van der Waals surface area (Å²) in [6, 6.07) is 7.96. The van der Waals surface area contributed by atoms with E-state index < -0.39 is 0 Å². The summed E-state index contributed by atoms with van der Waals surface area (Å²) >= 11 is 1.64. The first-order valence-corrected chi connectivity index (χ1v) is 8.13. The largest absolute Gasteiger partial charge is 0.323 e. The van der Waals surface area contributed by atoms with Crippen LogP contribution in [0, 0.1) is 0 Å². The van der Waals surface area contributed by atoms with Gasteiger partial charge in [0.2, 0.25) is 5.91 Å². The molecule has 3 rings (SSSR count). The van der Waals surface area contributed by atoms with Gasteiger partial charge in [-0.15, -0.1) is 21.5 Å². The molecule has 1 aliphatic rings. The monoisotopic (exact) mass is 314 g/mol. The number of hydrogen-bond acceptors (Lipinski definition) is 5. The summed E-state index contributed by atoms with van der Waals surface area (Å²) in [6.07, 6.45) is 2.41. The standard InChI is InChI=1S/C16H18N4OS/c1-2-15(21)18-14-5-3-12(4-6-14)9-20-8-7-13(10-20)16-19-17-11-22-16/h2-6,11,13H,1,7-10H2,(H,18,21). The highest BCUT2D eigenvalue weighted by molar-refractivity contribution is 7.09. The predicted molar refractivity (Wildman–Crippen MR) is 87.8 cm³/mol. The van der Waals surface area contributed by atoms with Gasteiger partial charge in [-0.25, -0.2) is 0 Å². The van der Waals surface area contributed by atoms with Crippen LogP contribution in [0.3, 0.4) is 0 Å². The van der Waals surface area contributed by atoms with Crippen molar-refractivity contribution < 1.29 is 4.79 Å². The fraction of sp³-hybridized carbons (Fsp3) is 0.312. The zero-order valence-corrected chi connectivity index (χ0v) is 13.1. The van der Waals surface area contributed by atoms with Crippen LogP contribution in [-0.2, 0) is 11.3 Å². The smallest absolute Gasteiger partial charge is 0.247 e.